The van der Waals surface area contributed by atoms with E-state index in [0.717, 1.165) is 5.56 Å². The molecule has 0 bridgehead atoms. The molecule has 5 nitrogen and oxygen atoms in total. The van der Waals surface area contributed by atoms with Crippen molar-refractivity contribution in [3.8, 4) is 11.4 Å². The van der Waals surface area contributed by atoms with Crippen LogP contribution < -0.4 is 5.56 Å². The Morgan fingerprint density at radius 3 is 2.69 bits per heavy atom. The quantitative estimate of drug-likeness (QED) is 0.638. The van der Waals surface area contributed by atoms with Crippen molar-refractivity contribution >= 4 is 11.0 Å². The van der Waals surface area contributed by atoms with Crippen LogP contribution in [0.15, 0.2) is 41.3 Å². The molecule has 2 heterocycles. The first-order valence-corrected chi connectivity index (χ1v) is 4.83. The first kappa shape index (κ1) is 8.84. The second-order valence-electron chi connectivity index (χ2n) is 3.40. The van der Waals surface area contributed by atoms with Crippen LogP contribution in [-0.2, 0) is 0 Å². The van der Waals surface area contributed by atoms with Crippen molar-refractivity contribution in [2.24, 2.45) is 0 Å². The minimum atomic E-state index is -0.199. The summed E-state index contributed by atoms with van der Waals surface area (Å²) in [5.74, 6) is 0.600. The Bertz CT molecular complexity index is 684. The number of nitrogens with zero attached hydrogens (tertiary/aromatic N) is 2. The van der Waals surface area contributed by atoms with E-state index < -0.39 is 0 Å². The first-order valence-electron chi connectivity index (χ1n) is 4.83. The zero-order valence-electron chi connectivity index (χ0n) is 8.27. The number of aromatic nitrogens is 4. The summed E-state index contributed by atoms with van der Waals surface area (Å²) >= 11 is 0. The molecule has 0 aliphatic carbocycles. The fourth-order valence-corrected chi connectivity index (χ4v) is 1.55. The molecule has 0 saturated carbocycles. The number of H-pyrrole nitrogens is 2. The fourth-order valence-electron chi connectivity index (χ4n) is 1.55. The Morgan fingerprint density at radius 2 is 1.88 bits per heavy atom. The summed E-state index contributed by atoms with van der Waals surface area (Å²) in [6.07, 6.45) is 1.53. The number of benzene rings is 1. The Balaban J connectivity index is 2.23. The summed E-state index contributed by atoms with van der Waals surface area (Å²) in [5.41, 5.74) is 1.25. The van der Waals surface area contributed by atoms with Gasteiger partial charge in [-0.25, -0.2) is 9.97 Å². The zero-order valence-corrected chi connectivity index (χ0v) is 8.27. The van der Waals surface area contributed by atoms with Crippen LogP contribution in [0.1, 0.15) is 0 Å². The fraction of sp³-hybridized carbons (Fsp3) is 0. The van der Waals surface area contributed by atoms with Crippen molar-refractivity contribution < 1.29 is 0 Å². The molecule has 0 radical (unpaired) electrons. The Labute approximate surface area is 90.2 Å². The largest absolute Gasteiger partial charge is 0.281 e. The lowest BCUT2D eigenvalue weighted by molar-refractivity contribution is 1.06. The smallest absolute Gasteiger partial charge is 0.275 e. The number of hydrogen-bond acceptors (Lipinski definition) is 3. The molecule has 16 heavy (non-hydrogen) atoms. The molecule has 78 valence electrons. The van der Waals surface area contributed by atoms with Gasteiger partial charge in [-0.2, -0.15) is 0 Å². The molecule has 1 aromatic carbocycles. The summed E-state index contributed by atoms with van der Waals surface area (Å²) < 4.78 is 0. The Kier molecular flexibility index (Phi) is 1.83. The maximum Gasteiger partial charge on any atom is 0.275 e. The van der Waals surface area contributed by atoms with Crippen LogP contribution in [0.25, 0.3) is 22.4 Å². The molecule has 0 unspecified atom stereocenters. The van der Waals surface area contributed by atoms with Crippen molar-refractivity contribution in [2.45, 2.75) is 0 Å². The van der Waals surface area contributed by atoms with E-state index in [2.05, 4.69) is 20.2 Å². The van der Waals surface area contributed by atoms with Gasteiger partial charge in [-0.15, -0.1) is 0 Å². The standard InChI is InChI=1S/C11H8N4O/c16-11-8-6-12-9(13-10(8)14-15-11)7-4-2-1-3-5-7/h1-6H,(H2,12,13,14,15,16). The second kappa shape index (κ2) is 3.30. The summed E-state index contributed by atoms with van der Waals surface area (Å²) in [6.45, 7) is 0. The van der Waals surface area contributed by atoms with Crippen molar-refractivity contribution in [1.82, 2.24) is 20.2 Å². The lowest BCUT2D eigenvalue weighted by atomic mass is 10.2. The maximum atomic E-state index is 11.3. The van der Waals surface area contributed by atoms with Crippen molar-refractivity contribution in [3.05, 3.63) is 46.9 Å². The number of nitrogens with one attached hydrogen (secondary N) is 2. The van der Waals surface area contributed by atoms with Crippen LogP contribution in [0.5, 0.6) is 0 Å². The van der Waals surface area contributed by atoms with E-state index in [4.69, 9.17) is 0 Å². The topological polar surface area (TPSA) is 74.4 Å². The number of rotatable bonds is 1. The molecule has 0 atom stereocenters. The van der Waals surface area contributed by atoms with Gasteiger partial charge in [0.1, 0.15) is 5.39 Å². The van der Waals surface area contributed by atoms with E-state index >= 15 is 0 Å². The van der Waals surface area contributed by atoms with Gasteiger partial charge in [0, 0.05) is 11.8 Å². The molecule has 2 N–H and O–H groups in total. The highest BCUT2D eigenvalue weighted by Gasteiger charge is 2.05. The predicted molar refractivity (Wildman–Crippen MR) is 59.9 cm³/mol. The van der Waals surface area contributed by atoms with Crippen molar-refractivity contribution in [1.29, 1.82) is 0 Å². The highest BCUT2D eigenvalue weighted by Crippen LogP contribution is 2.14. The van der Waals surface area contributed by atoms with Crippen LogP contribution in [-0.4, -0.2) is 20.2 Å². The van der Waals surface area contributed by atoms with Crippen LogP contribution in [0.3, 0.4) is 0 Å². The van der Waals surface area contributed by atoms with Crippen LogP contribution in [0.4, 0.5) is 0 Å². The van der Waals surface area contributed by atoms with Gasteiger partial charge in [-0.05, 0) is 0 Å². The predicted octanol–water partition coefficient (Wildman–Crippen LogP) is 1.31. The molecule has 0 fully saturated rings. The van der Waals surface area contributed by atoms with Crippen LogP contribution in [0.2, 0.25) is 0 Å². The Morgan fingerprint density at radius 1 is 1.06 bits per heavy atom. The van der Waals surface area contributed by atoms with E-state index in [9.17, 15) is 4.79 Å². The van der Waals surface area contributed by atoms with E-state index in [1.165, 1.54) is 6.20 Å². The van der Waals surface area contributed by atoms with Crippen LogP contribution in [0, 0.1) is 0 Å². The lowest BCUT2D eigenvalue weighted by Gasteiger charge is -1.97. The minimum absolute atomic E-state index is 0.199. The van der Waals surface area contributed by atoms with E-state index in [0.29, 0.717) is 16.9 Å². The van der Waals surface area contributed by atoms with Crippen LogP contribution >= 0.6 is 0 Å². The molecule has 3 rings (SSSR count). The number of fused-ring (bicyclic) bond motifs is 1. The van der Waals surface area contributed by atoms with Gasteiger partial charge >= 0.3 is 0 Å². The summed E-state index contributed by atoms with van der Waals surface area (Å²) in [5, 5.41) is 5.65. The molecular weight excluding hydrogens is 204 g/mol. The Hall–Kier alpha value is -2.43. The molecule has 0 spiro atoms. The highest BCUT2D eigenvalue weighted by atomic mass is 16.1. The average molecular weight is 212 g/mol. The normalized spacial score (nSPS) is 10.8. The second-order valence-corrected chi connectivity index (χ2v) is 3.40. The number of aromatic amines is 2. The van der Waals surface area contributed by atoms with Crippen molar-refractivity contribution in [2.75, 3.05) is 0 Å². The summed E-state index contributed by atoms with van der Waals surface area (Å²) in [7, 11) is 0. The van der Waals surface area contributed by atoms with Gasteiger partial charge in [0.25, 0.3) is 5.56 Å². The molecule has 2 aromatic heterocycles. The van der Waals surface area contributed by atoms with Gasteiger partial charge in [0.2, 0.25) is 0 Å². The molecule has 0 aliphatic heterocycles. The van der Waals surface area contributed by atoms with E-state index in [1.54, 1.807) is 0 Å². The number of hydrogen-bond donors (Lipinski definition) is 2. The van der Waals surface area contributed by atoms with Gasteiger partial charge < -0.3 is 0 Å². The molecule has 0 saturated heterocycles. The van der Waals surface area contributed by atoms with Gasteiger partial charge in [0.15, 0.2) is 11.5 Å². The van der Waals surface area contributed by atoms with Gasteiger partial charge in [-0.1, -0.05) is 30.3 Å². The third-order valence-corrected chi connectivity index (χ3v) is 2.36. The summed E-state index contributed by atoms with van der Waals surface area (Å²) in [4.78, 5) is 19.7. The highest BCUT2D eigenvalue weighted by molar-refractivity contribution is 5.74. The third-order valence-electron chi connectivity index (χ3n) is 2.36. The molecule has 5 heteroatoms. The zero-order chi connectivity index (χ0) is 11.0. The maximum absolute atomic E-state index is 11.3. The third kappa shape index (κ3) is 1.30. The molecular formula is C11H8N4O. The summed E-state index contributed by atoms with van der Waals surface area (Å²) in [6, 6.07) is 9.61. The van der Waals surface area contributed by atoms with E-state index in [-0.39, 0.29) is 5.56 Å². The first-order chi connectivity index (χ1) is 7.84. The molecule has 0 amide bonds. The average Bonchev–Trinajstić information content (AvgIpc) is 2.72. The van der Waals surface area contributed by atoms with Gasteiger partial charge in [-0.3, -0.25) is 15.0 Å². The minimum Gasteiger partial charge on any atom is -0.281 e. The monoisotopic (exact) mass is 212 g/mol. The molecule has 3 aromatic rings. The van der Waals surface area contributed by atoms with Crippen molar-refractivity contribution in [3.63, 3.8) is 0 Å². The van der Waals surface area contributed by atoms with E-state index in [1.807, 2.05) is 30.3 Å². The molecule has 0 aliphatic rings. The SMILES string of the molecule is O=c1[nH][nH]c2nc(-c3ccccc3)ncc12. The lowest BCUT2D eigenvalue weighted by Crippen LogP contribution is -1.98. The van der Waals surface area contributed by atoms with Gasteiger partial charge in [0.05, 0.1) is 0 Å².